The molecule has 0 atom stereocenters. The van der Waals surface area contributed by atoms with Crippen LogP contribution in [0.1, 0.15) is 21.5 Å². The normalized spacial score (nSPS) is 12.5. The minimum absolute atomic E-state index is 0.123. The lowest BCUT2D eigenvalue weighted by atomic mass is 10.1. The molecule has 0 radical (unpaired) electrons. The number of nitrogens with zero attached hydrogens (tertiary/aromatic N) is 3. The summed E-state index contributed by atoms with van der Waals surface area (Å²) in [5.41, 5.74) is 2.92. The zero-order valence-corrected chi connectivity index (χ0v) is 18.8. The molecule has 0 fully saturated rings. The van der Waals surface area contributed by atoms with E-state index in [0.29, 0.717) is 16.7 Å². The molecule has 4 rings (SSSR count). The molecule has 3 aromatic rings. The Hall–Kier alpha value is -4.58. The van der Waals surface area contributed by atoms with Crippen molar-refractivity contribution in [1.29, 1.82) is 0 Å². The van der Waals surface area contributed by atoms with E-state index in [1.54, 1.807) is 24.4 Å². The van der Waals surface area contributed by atoms with Crippen molar-refractivity contribution in [2.24, 2.45) is 4.99 Å². The molecule has 2 aromatic carbocycles. The monoisotopic (exact) mass is 473 g/mol. The molecule has 7 nitrogen and oxygen atoms in total. The first kappa shape index (κ1) is 23.6. The van der Waals surface area contributed by atoms with Crippen molar-refractivity contribution in [3.05, 3.63) is 88.8 Å². The Bertz CT molecular complexity index is 1420. The van der Waals surface area contributed by atoms with Gasteiger partial charge < -0.3 is 15.5 Å². The number of carbonyl (C=O) groups is 2. The lowest BCUT2D eigenvalue weighted by Crippen LogP contribution is -2.34. The van der Waals surface area contributed by atoms with Gasteiger partial charge in [-0.15, -0.1) is 0 Å². The number of aliphatic imine (C=N–C) groups is 1. The lowest BCUT2D eigenvalue weighted by Gasteiger charge is -2.23. The number of amides is 2. The molecule has 2 amide bonds. The van der Waals surface area contributed by atoms with E-state index in [2.05, 4.69) is 32.5 Å². The number of carbonyl (C=O) groups excluding carboxylic acids is 2. The number of pyridine rings is 1. The van der Waals surface area contributed by atoms with Crippen molar-refractivity contribution in [2.45, 2.75) is 6.54 Å². The maximum Gasteiger partial charge on any atom is 0.252 e. The molecule has 0 saturated heterocycles. The third kappa shape index (κ3) is 5.86. The third-order valence-corrected chi connectivity index (χ3v) is 5.24. The summed E-state index contributed by atoms with van der Waals surface area (Å²) >= 11 is 0. The van der Waals surface area contributed by atoms with Crippen LogP contribution in [0.5, 0.6) is 0 Å². The lowest BCUT2D eigenvalue weighted by molar-refractivity contribution is -0.117. The van der Waals surface area contributed by atoms with E-state index >= 15 is 0 Å². The van der Waals surface area contributed by atoms with Gasteiger partial charge in [0.2, 0.25) is 0 Å². The number of nitrogens with one attached hydrogen (secondary N) is 2. The number of fused-ring (bicyclic) bond motifs is 1. The topological polar surface area (TPSA) is 86.7 Å². The fourth-order valence-electron chi connectivity index (χ4n) is 3.48. The van der Waals surface area contributed by atoms with Gasteiger partial charge in [0.15, 0.2) is 11.6 Å². The van der Waals surface area contributed by atoms with Gasteiger partial charge in [-0.05, 0) is 42.0 Å². The predicted octanol–water partition coefficient (Wildman–Crippen LogP) is 2.77. The smallest absolute Gasteiger partial charge is 0.252 e. The second-order valence-electron chi connectivity index (χ2n) is 7.77. The van der Waals surface area contributed by atoms with Gasteiger partial charge in [0.1, 0.15) is 0 Å². The quantitative estimate of drug-likeness (QED) is 0.558. The first-order chi connectivity index (χ1) is 16.9. The van der Waals surface area contributed by atoms with Crippen molar-refractivity contribution < 1.29 is 18.4 Å². The van der Waals surface area contributed by atoms with Gasteiger partial charge in [-0.2, -0.15) is 0 Å². The summed E-state index contributed by atoms with van der Waals surface area (Å²) in [7, 11) is 1.56. The maximum atomic E-state index is 13.4. The highest BCUT2D eigenvalue weighted by atomic mass is 19.2. The highest BCUT2D eigenvalue weighted by Gasteiger charge is 2.16. The van der Waals surface area contributed by atoms with Gasteiger partial charge in [-0.3, -0.25) is 14.6 Å². The van der Waals surface area contributed by atoms with E-state index in [0.717, 1.165) is 28.6 Å². The van der Waals surface area contributed by atoms with E-state index in [1.165, 1.54) is 18.5 Å². The maximum absolute atomic E-state index is 13.4. The second kappa shape index (κ2) is 10.6. The Morgan fingerprint density at radius 2 is 1.94 bits per heavy atom. The highest BCUT2D eigenvalue weighted by molar-refractivity contribution is 5.97. The number of rotatable bonds is 5. The summed E-state index contributed by atoms with van der Waals surface area (Å²) in [6.45, 7) is 0.675. The van der Waals surface area contributed by atoms with Crippen molar-refractivity contribution >= 4 is 29.1 Å². The third-order valence-electron chi connectivity index (χ3n) is 5.24. The van der Waals surface area contributed by atoms with Crippen LogP contribution < -0.4 is 10.6 Å². The van der Waals surface area contributed by atoms with Crippen LogP contribution >= 0.6 is 0 Å². The van der Waals surface area contributed by atoms with Crippen LogP contribution in [0, 0.1) is 23.5 Å². The molecule has 0 saturated carbocycles. The number of benzene rings is 2. The molecule has 9 heteroatoms. The van der Waals surface area contributed by atoms with Crippen LogP contribution in [0.15, 0.2) is 65.4 Å². The van der Waals surface area contributed by atoms with E-state index < -0.39 is 11.6 Å². The fraction of sp³-hybridized carbons (Fsp3) is 0.154. The minimum Gasteiger partial charge on any atom is -0.355 e. The molecule has 1 aromatic heterocycles. The molecular weight excluding hydrogens is 452 g/mol. The molecule has 0 spiro atoms. The molecule has 0 unspecified atom stereocenters. The van der Waals surface area contributed by atoms with Crippen molar-refractivity contribution in [3.63, 3.8) is 0 Å². The van der Waals surface area contributed by atoms with Crippen LogP contribution in [-0.4, -0.2) is 48.2 Å². The summed E-state index contributed by atoms with van der Waals surface area (Å²) < 4.78 is 26.6. The van der Waals surface area contributed by atoms with Crippen molar-refractivity contribution in [1.82, 2.24) is 20.5 Å². The predicted molar refractivity (Wildman–Crippen MR) is 128 cm³/mol. The van der Waals surface area contributed by atoms with Crippen LogP contribution in [0.2, 0.25) is 0 Å². The largest absolute Gasteiger partial charge is 0.355 e. The van der Waals surface area contributed by atoms with Gasteiger partial charge in [-0.1, -0.05) is 17.9 Å². The molecule has 35 heavy (non-hydrogen) atoms. The first-order valence-electron chi connectivity index (χ1n) is 10.7. The number of halogens is 2. The summed E-state index contributed by atoms with van der Waals surface area (Å²) in [5.74, 6) is 3.54. The molecule has 0 bridgehead atoms. The number of hydrogen-bond donors (Lipinski definition) is 2. The minimum atomic E-state index is -0.918. The molecule has 1 aliphatic rings. The standard InChI is InChI=1S/C26H21F2N5O2/c1-29-25(34)20-11-19-9-17(5-7-24(19)32-13-20)3-2-8-31-26(35)21-12-30-16-33(15-21)14-18-4-6-22(27)23(28)10-18/h4-7,9-13,16H,8,14-15H2,1H3,(H,29,34)(H,31,35). The van der Waals surface area contributed by atoms with Crippen LogP contribution in [0.4, 0.5) is 8.78 Å². The highest BCUT2D eigenvalue weighted by Crippen LogP contribution is 2.16. The average Bonchev–Trinajstić information content (AvgIpc) is 2.88. The van der Waals surface area contributed by atoms with E-state index in [1.807, 2.05) is 18.2 Å². The Labute approximate surface area is 200 Å². The van der Waals surface area contributed by atoms with Gasteiger partial charge in [0.25, 0.3) is 11.8 Å². The molecule has 1 aliphatic heterocycles. The molecule has 176 valence electrons. The summed E-state index contributed by atoms with van der Waals surface area (Å²) in [5, 5.41) is 6.09. The zero-order chi connectivity index (χ0) is 24.8. The fourth-order valence-corrected chi connectivity index (χ4v) is 3.48. The zero-order valence-electron chi connectivity index (χ0n) is 18.8. The van der Waals surface area contributed by atoms with Crippen LogP contribution in [-0.2, 0) is 11.3 Å². The van der Waals surface area contributed by atoms with E-state index in [4.69, 9.17) is 0 Å². The number of aromatic nitrogens is 1. The van der Waals surface area contributed by atoms with Crippen LogP contribution in [0.3, 0.4) is 0 Å². The summed E-state index contributed by atoms with van der Waals surface area (Å²) in [6.07, 6.45) is 4.53. The second-order valence-corrected chi connectivity index (χ2v) is 7.77. The SMILES string of the molecule is CNC(=O)c1cnc2ccc(C#CCNC(=O)C3=CN=CN(Cc4ccc(F)c(F)c4)C3)cc2c1. The first-order valence-corrected chi connectivity index (χ1v) is 10.7. The van der Waals surface area contributed by atoms with Gasteiger partial charge >= 0.3 is 0 Å². The Balaban J connectivity index is 1.33. The van der Waals surface area contributed by atoms with Crippen molar-refractivity contribution in [3.8, 4) is 11.8 Å². The van der Waals surface area contributed by atoms with Gasteiger partial charge in [-0.25, -0.2) is 13.8 Å². The van der Waals surface area contributed by atoms with Gasteiger partial charge in [0.05, 0.1) is 36.1 Å². The van der Waals surface area contributed by atoms with E-state index in [-0.39, 0.29) is 31.4 Å². The Kier molecular flexibility index (Phi) is 7.12. The van der Waals surface area contributed by atoms with Gasteiger partial charge in [0, 0.05) is 36.9 Å². The van der Waals surface area contributed by atoms with Crippen molar-refractivity contribution in [2.75, 3.05) is 20.1 Å². The van der Waals surface area contributed by atoms with Crippen LogP contribution in [0.25, 0.3) is 10.9 Å². The average molecular weight is 473 g/mol. The molecule has 2 heterocycles. The Morgan fingerprint density at radius 1 is 1.09 bits per heavy atom. The van der Waals surface area contributed by atoms with E-state index in [9.17, 15) is 18.4 Å². The molecule has 2 N–H and O–H groups in total. The molecule has 0 aliphatic carbocycles. The Morgan fingerprint density at radius 3 is 2.74 bits per heavy atom. The molecular formula is C26H21F2N5O2. The summed E-state index contributed by atoms with van der Waals surface area (Å²) in [4.78, 5) is 34.4. The summed E-state index contributed by atoms with van der Waals surface area (Å²) in [6, 6.07) is 10.9. The number of hydrogen-bond acceptors (Lipinski definition) is 5.